The molecule has 146 valence electrons. The predicted molar refractivity (Wildman–Crippen MR) is 92.6 cm³/mol. The number of nitrogens with one attached hydrogen (secondary N) is 2. The number of halogens is 4. The highest BCUT2D eigenvalue weighted by Gasteiger charge is 2.31. The number of aryl methyl sites for hydroxylation is 1. The van der Waals surface area contributed by atoms with Gasteiger partial charge in [0, 0.05) is 44.2 Å². The molecule has 27 heavy (non-hydrogen) atoms. The number of carbonyl (C=O) groups is 1. The zero-order valence-corrected chi connectivity index (χ0v) is 14.9. The second-order valence-corrected chi connectivity index (χ2v) is 6.04. The minimum absolute atomic E-state index is 0.00502. The molecule has 2 rings (SSSR count). The van der Waals surface area contributed by atoms with E-state index in [1.165, 1.54) is 16.8 Å². The average Bonchev–Trinajstić information content (AvgIpc) is 2.57. The molecule has 0 spiro atoms. The van der Waals surface area contributed by atoms with Crippen molar-refractivity contribution in [3.8, 4) is 5.75 Å². The Balaban J connectivity index is 1.85. The van der Waals surface area contributed by atoms with Gasteiger partial charge in [-0.05, 0) is 6.07 Å². The van der Waals surface area contributed by atoms with E-state index in [-0.39, 0.29) is 36.3 Å². The Bertz CT molecular complexity index is 899. The largest absolute Gasteiger partial charge is 0.503 e. The van der Waals surface area contributed by atoms with Crippen LogP contribution in [-0.2, 0) is 24.6 Å². The van der Waals surface area contributed by atoms with E-state index in [0.717, 1.165) is 6.07 Å². The first-order valence-electron chi connectivity index (χ1n) is 7.69. The molecule has 2 aromatic rings. The molecule has 2 aromatic heterocycles. The number of anilines is 1. The van der Waals surface area contributed by atoms with Gasteiger partial charge in [0.15, 0.2) is 5.75 Å². The van der Waals surface area contributed by atoms with E-state index < -0.39 is 22.9 Å². The topological polar surface area (TPSA) is 96.3 Å². The van der Waals surface area contributed by atoms with Crippen LogP contribution in [0.15, 0.2) is 29.3 Å². The smallest absolute Gasteiger partial charge is 0.417 e. The Morgan fingerprint density at radius 1 is 1.37 bits per heavy atom. The van der Waals surface area contributed by atoms with Gasteiger partial charge < -0.3 is 20.3 Å². The number of hydrogen-bond donors (Lipinski definition) is 3. The lowest BCUT2D eigenvalue weighted by Crippen LogP contribution is -2.27. The van der Waals surface area contributed by atoms with Gasteiger partial charge in [0.2, 0.25) is 11.3 Å². The standard InChI is InChI=1S/C16H16ClF3N4O3/c1-24-8-13(26)12(25)5-10(24)7-22-14(27)2-3-21-15-11(17)4-9(6-23-15)16(18,19)20/h4-6,8,26H,2-3,7H2,1H3,(H,21,23)(H,22,27). The zero-order valence-electron chi connectivity index (χ0n) is 14.1. The molecule has 7 nitrogen and oxygen atoms in total. The third kappa shape index (κ3) is 5.61. The van der Waals surface area contributed by atoms with Gasteiger partial charge in [0.1, 0.15) is 5.82 Å². The Hall–Kier alpha value is -2.75. The number of alkyl halides is 3. The fraction of sp³-hybridized carbons (Fsp3) is 0.312. The van der Waals surface area contributed by atoms with E-state index in [4.69, 9.17) is 11.6 Å². The molecular formula is C16H16ClF3N4O3. The van der Waals surface area contributed by atoms with Gasteiger partial charge in [-0.15, -0.1) is 0 Å². The summed E-state index contributed by atoms with van der Waals surface area (Å²) in [7, 11) is 1.61. The normalized spacial score (nSPS) is 11.3. The van der Waals surface area contributed by atoms with Crippen LogP contribution < -0.4 is 16.1 Å². The van der Waals surface area contributed by atoms with Crippen molar-refractivity contribution in [2.45, 2.75) is 19.1 Å². The molecule has 0 aromatic carbocycles. The second kappa shape index (κ2) is 8.30. The maximum atomic E-state index is 12.6. The Morgan fingerprint density at radius 3 is 2.70 bits per heavy atom. The molecule has 0 saturated heterocycles. The van der Waals surface area contributed by atoms with Gasteiger partial charge >= 0.3 is 6.18 Å². The highest BCUT2D eigenvalue weighted by molar-refractivity contribution is 6.32. The van der Waals surface area contributed by atoms with Crippen molar-refractivity contribution in [3.05, 3.63) is 51.0 Å². The molecule has 2 heterocycles. The van der Waals surface area contributed by atoms with Crippen molar-refractivity contribution in [1.29, 1.82) is 0 Å². The van der Waals surface area contributed by atoms with Crippen LogP contribution in [0, 0.1) is 0 Å². The summed E-state index contributed by atoms with van der Waals surface area (Å²) in [4.78, 5) is 26.9. The summed E-state index contributed by atoms with van der Waals surface area (Å²) in [6.07, 6.45) is -2.64. The van der Waals surface area contributed by atoms with Crippen LogP contribution in [0.4, 0.5) is 19.0 Å². The highest BCUT2D eigenvalue weighted by atomic mass is 35.5. The predicted octanol–water partition coefficient (Wildman–Crippen LogP) is 2.28. The monoisotopic (exact) mass is 404 g/mol. The minimum atomic E-state index is -4.54. The molecule has 0 fully saturated rings. The molecule has 0 aliphatic carbocycles. The lowest BCUT2D eigenvalue weighted by Gasteiger charge is -2.12. The van der Waals surface area contributed by atoms with Crippen LogP contribution in [0.2, 0.25) is 5.02 Å². The fourth-order valence-electron chi connectivity index (χ4n) is 2.13. The molecule has 0 aliphatic heterocycles. The lowest BCUT2D eigenvalue weighted by atomic mass is 10.2. The number of hydrogen-bond acceptors (Lipinski definition) is 5. The van der Waals surface area contributed by atoms with Crippen LogP contribution >= 0.6 is 11.6 Å². The summed E-state index contributed by atoms with van der Waals surface area (Å²) in [5.74, 6) is -0.706. The van der Waals surface area contributed by atoms with Crippen molar-refractivity contribution in [1.82, 2.24) is 14.9 Å². The van der Waals surface area contributed by atoms with Crippen LogP contribution in [-0.4, -0.2) is 27.1 Å². The highest BCUT2D eigenvalue weighted by Crippen LogP contribution is 2.32. The summed E-state index contributed by atoms with van der Waals surface area (Å²) in [6, 6.07) is 1.96. The molecule has 0 unspecified atom stereocenters. The van der Waals surface area contributed by atoms with Gasteiger partial charge in [-0.1, -0.05) is 11.6 Å². The maximum absolute atomic E-state index is 12.6. The Morgan fingerprint density at radius 2 is 2.07 bits per heavy atom. The maximum Gasteiger partial charge on any atom is 0.417 e. The van der Waals surface area contributed by atoms with Crippen LogP contribution in [0.1, 0.15) is 17.7 Å². The summed E-state index contributed by atoms with van der Waals surface area (Å²) < 4.78 is 39.2. The average molecular weight is 405 g/mol. The van der Waals surface area contributed by atoms with E-state index in [1.807, 2.05) is 0 Å². The van der Waals surface area contributed by atoms with Crippen LogP contribution in [0.5, 0.6) is 5.75 Å². The van der Waals surface area contributed by atoms with E-state index in [0.29, 0.717) is 11.9 Å². The first-order chi connectivity index (χ1) is 12.6. The molecule has 1 amide bonds. The second-order valence-electron chi connectivity index (χ2n) is 5.63. The zero-order chi connectivity index (χ0) is 20.2. The number of carbonyl (C=O) groups excluding carboxylic acids is 1. The third-order valence-electron chi connectivity index (χ3n) is 3.60. The van der Waals surface area contributed by atoms with Gasteiger partial charge in [-0.25, -0.2) is 4.98 Å². The van der Waals surface area contributed by atoms with Gasteiger partial charge in [-0.3, -0.25) is 9.59 Å². The number of rotatable bonds is 6. The van der Waals surface area contributed by atoms with Crippen molar-refractivity contribution in [3.63, 3.8) is 0 Å². The van der Waals surface area contributed by atoms with Gasteiger partial charge in [0.05, 0.1) is 17.1 Å². The van der Waals surface area contributed by atoms with E-state index >= 15 is 0 Å². The summed E-state index contributed by atoms with van der Waals surface area (Å²) in [6.45, 7) is 0.169. The van der Waals surface area contributed by atoms with E-state index in [2.05, 4.69) is 15.6 Å². The quantitative estimate of drug-likeness (QED) is 0.686. The first kappa shape index (κ1) is 20.6. The van der Waals surface area contributed by atoms with E-state index in [1.54, 1.807) is 7.05 Å². The Kier molecular flexibility index (Phi) is 6.32. The van der Waals surface area contributed by atoms with Gasteiger partial charge in [0.25, 0.3) is 0 Å². The van der Waals surface area contributed by atoms with E-state index in [9.17, 15) is 27.9 Å². The van der Waals surface area contributed by atoms with Crippen LogP contribution in [0.3, 0.4) is 0 Å². The first-order valence-corrected chi connectivity index (χ1v) is 8.07. The van der Waals surface area contributed by atoms with Crippen LogP contribution in [0.25, 0.3) is 0 Å². The molecule has 0 bridgehead atoms. The Labute approximate surface area is 156 Å². The number of nitrogens with zero attached hydrogens (tertiary/aromatic N) is 2. The molecule has 0 atom stereocenters. The molecule has 0 saturated carbocycles. The summed E-state index contributed by atoms with van der Waals surface area (Å²) in [5, 5.41) is 14.4. The van der Waals surface area contributed by atoms with Crippen molar-refractivity contribution < 1.29 is 23.1 Å². The molecular weight excluding hydrogens is 389 g/mol. The molecule has 0 aliphatic rings. The minimum Gasteiger partial charge on any atom is -0.503 e. The number of aromatic hydroxyl groups is 1. The molecule has 3 N–H and O–H groups in total. The molecule has 11 heteroatoms. The fourth-order valence-corrected chi connectivity index (χ4v) is 2.36. The number of amides is 1. The number of aromatic nitrogens is 2. The van der Waals surface area contributed by atoms with Gasteiger partial charge in [-0.2, -0.15) is 13.2 Å². The molecule has 0 radical (unpaired) electrons. The summed E-state index contributed by atoms with van der Waals surface area (Å²) >= 11 is 5.76. The number of pyridine rings is 2. The van der Waals surface area contributed by atoms with Crippen molar-refractivity contribution in [2.75, 3.05) is 11.9 Å². The third-order valence-corrected chi connectivity index (χ3v) is 3.89. The van der Waals surface area contributed by atoms with Crippen molar-refractivity contribution >= 4 is 23.3 Å². The lowest BCUT2D eigenvalue weighted by molar-refractivity contribution is -0.137. The SMILES string of the molecule is Cn1cc(O)c(=O)cc1CNC(=O)CCNc1ncc(C(F)(F)F)cc1Cl. The van der Waals surface area contributed by atoms with Crippen molar-refractivity contribution in [2.24, 2.45) is 7.05 Å². The summed E-state index contributed by atoms with van der Waals surface area (Å²) in [5.41, 5.74) is -1.02.